The molecule has 156 valence electrons. The van der Waals surface area contributed by atoms with Gasteiger partial charge in [-0.05, 0) is 55.4 Å². The Bertz CT molecular complexity index is 899. The third-order valence-electron chi connectivity index (χ3n) is 6.57. The summed E-state index contributed by atoms with van der Waals surface area (Å²) in [6, 6.07) is 10.1. The molecule has 3 fully saturated rings. The van der Waals surface area contributed by atoms with E-state index in [9.17, 15) is 9.59 Å². The molecule has 2 saturated heterocycles. The highest BCUT2D eigenvalue weighted by Gasteiger charge is 2.35. The summed E-state index contributed by atoms with van der Waals surface area (Å²) in [5.41, 5.74) is 3.14. The number of aromatic nitrogens is 2. The Morgan fingerprint density at radius 2 is 1.63 bits per heavy atom. The number of anilines is 2. The van der Waals surface area contributed by atoms with Gasteiger partial charge in [-0.1, -0.05) is 12.1 Å². The van der Waals surface area contributed by atoms with Crippen LogP contribution in [0.25, 0.3) is 0 Å². The minimum atomic E-state index is -0.00817. The molecule has 1 saturated carbocycles. The number of nitrogens with one attached hydrogen (secondary N) is 1. The summed E-state index contributed by atoms with van der Waals surface area (Å²) in [7, 11) is 0. The van der Waals surface area contributed by atoms with Gasteiger partial charge in [0.05, 0.1) is 24.0 Å². The van der Waals surface area contributed by atoms with Gasteiger partial charge in [0, 0.05) is 37.8 Å². The van der Waals surface area contributed by atoms with Gasteiger partial charge in [-0.2, -0.15) is 10.2 Å². The molecule has 0 radical (unpaired) electrons. The van der Waals surface area contributed by atoms with Crippen LogP contribution in [0.15, 0.2) is 42.7 Å². The van der Waals surface area contributed by atoms with Crippen molar-refractivity contribution in [2.75, 3.05) is 36.4 Å². The monoisotopic (exact) mass is 405 g/mol. The lowest BCUT2D eigenvalue weighted by atomic mass is 9.89. The highest BCUT2D eigenvalue weighted by molar-refractivity contribution is 5.94. The maximum Gasteiger partial charge on any atom is 0.231 e. The van der Waals surface area contributed by atoms with E-state index in [0.29, 0.717) is 30.8 Å². The Morgan fingerprint density at radius 3 is 2.27 bits per heavy atom. The van der Waals surface area contributed by atoms with E-state index in [0.717, 1.165) is 50.1 Å². The van der Waals surface area contributed by atoms with Gasteiger partial charge < -0.3 is 15.1 Å². The molecule has 30 heavy (non-hydrogen) atoms. The van der Waals surface area contributed by atoms with Gasteiger partial charge in [0.25, 0.3) is 0 Å². The average Bonchev–Trinajstić information content (AvgIpc) is 3.59. The van der Waals surface area contributed by atoms with Crippen molar-refractivity contribution < 1.29 is 9.59 Å². The zero-order valence-corrected chi connectivity index (χ0v) is 17.0. The van der Waals surface area contributed by atoms with E-state index in [1.165, 1.54) is 5.56 Å². The molecular weight excluding hydrogens is 378 g/mol. The number of likely N-dealkylation sites (tertiary alicyclic amines) is 1. The fraction of sp³-hybridized carbons (Fsp3) is 0.478. The Morgan fingerprint density at radius 1 is 0.900 bits per heavy atom. The molecule has 2 aliphatic heterocycles. The number of hydrogen-bond acceptors (Lipinski definition) is 5. The van der Waals surface area contributed by atoms with Crippen LogP contribution in [-0.2, 0) is 9.59 Å². The number of nitrogens with zero attached hydrogens (tertiary/aromatic N) is 4. The molecule has 0 unspecified atom stereocenters. The predicted molar refractivity (Wildman–Crippen MR) is 114 cm³/mol. The number of carbonyl (C=O) groups is 2. The number of benzene rings is 1. The van der Waals surface area contributed by atoms with Gasteiger partial charge >= 0.3 is 0 Å². The second-order valence-corrected chi connectivity index (χ2v) is 8.69. The van der Waals surface area contributed by atoms with Crippen LogP contribution in [-0.4, -0.2) is 53.1 Å². The zero-order chi connectivity index (χ0) is 20.5. The van der Waals surface area contributed by atoms with Gasteiger partial charge in [0.1, 0.15) is 0 Å². The van der Waals surface area contributed by atoms with Crippen molar-refractivity contribution in [3.63, 3.8) is 0 Å². The van der Waals surface area contributed by atoms with E-state index in [1.807, 2.05) is 23.1 Å². The molecule has 1 aliphatic carbocycles. The van der Waals surface area contributed by atoms with Crippen LogP contribution in [0.3, 0.4) is 0 Å². The average molecular weight is 406 g/mol. The predicted octanol–water partition coefficient (Wildman–Crippen LogP) is 2.67. The molecule has 5 rings (SSSR count). The largest absolute Gasteiger partial charge is 0.368 e. The summed E-state index contributed by atoms with van der Waals surface area (Å²) in [6.07, 6.45) is 7.58. The second kappa shape index (κ2) is 8.05. The van der Waals surface area contributed by atoms with Crippen LogP contribution in [0.4, 0.5) is 11.4 Å². The summed E-state index contributed by atoms with van der Waals surface area (Å²) in [4.78, 5) is 28.9. The van der Waals surface area contributed by atoms with E-state index in [4.69, 9.17) is 0 Å². The lowest BCUT2D eigenvalue weighted by Crippen LogP contribution is -2.52. The molecule has 3 heterocycles. The first-order valence-electron chi connectivity index (χ1n) is 10.9. The van der Waals surface area contributed by atoms with Crippen molar-refractivity contribution in [2.45, 2.75) is 31.6 Å². The number of amides is 2. The molecular formula is C23H27N5O2. The summed E-state index contributed by atoms with van der Waals surface area (Å²) < 4.78 is 0. The minimum Gasteiger partial charge on any atom is -0.368 e. The molecule has 1 aromatic carbocycles. The van der Waals surface area contributed by atoms with Crippen molar-refractivity contribution in [1.82, 2.24) is 15.1 Å². The van der Waals surface area contributed by atoms with Crippen molar-refractivity contribution in [3.05, 3.63) is 48.3 Å². The maximum atomic E-state index is 12.5. The fourth-order valence-electron chi connectivity index (χ4n) is 4.43. The fourth-order valence-corrected chi connectivity index (χ4v) is 4.43. The highest BCUT2D eigenvalue weighted by atomic mass is 16.2. The number of carbonyl (C=O) groups excluding carboxylic acids is 2. The Kier molecular flexibility index (Phi) is 5.11. The van der Waals surface area contributed by atoms with Crippen LogP contribution in [0.5, 0.6) is 0 Å². The summed E-state index contributed by atoms with van der Waals surface area (Å²) in [5, 5.41) is 10.7. The third kappa shape index (κ3) is 4.01. The van der Waals surface area contributed by atoms with Crippen LogP contribution >= 0.6 is 0 Å². The van der Waals surface area contributed by atoms with Crippen LogP contribution in [0.1, 0.15) is 37.2 Å². The third-order valence-corrected chi connectivity index (χ3v) is 6.57. The Balaban J connectivity index is 1.10. The second-order valence-electron chi connectivity index (χ2n) is 8.69. The van der Waals surface area contributed by atoms with E-state index in [-0.39, 0.29) is 11.8 Å². The Hall–Kier alpha value is -2.96. The molecule has 0 atom stereocenters. The van der Waals surface area contributed by atoms with Crippen LogP contribution < -0.4 is 10.2 Å². The van der Waals surface area contributed by atoms with Gasteiger partial charge in [0.2, 0.25) is 11.8 Å². The lowest BCUT2D eigenvalue weighted by molar-refractivity contribution is -0.133. The summed E-state index contributed by atoms with van der Waals surface area (Å²) in [6.45, 7) is 3.13. The van der Waals surface area contributed by atoms with Crippen LogP contribution in [0, 0.1) is 11.8 Å². The van der Waals surface area contributed by atoms with E-state index in [1.54, 1.807) is 12.4 Å². The molecule has 2 amide bonds. The smallest absolute Gasteiger partial charge is 0.231 e. The molecule has 7 nitrogen and oxygen atoms in total. The van der Waals surface area contributed by atoms with Gasteiger partial charge in [-0.25, -0.2) is 0 Å². The zero-order valence-electron chi connectivity index (χ0n) is 17.0. The minimum absolute atomic E-state index is 0.00817. The number of hydrogen-bond donors (Lipinski definition) is 1. The highest BCUT2D eigenvalue weighted by Crippen LogP contribution is 2.34. The van der Waals surface area contributed by atoms with Crippen molar-refractivity contribution in [1.29, 1.82) is 0 Å². The van der Waals surface area contributed by atoms with E-state index < -0.39 is 0 Å². The number of rotatable bonds is 5. The molecule has 1 N–H and O–H groups in total. The molecule has 3 aliphatic rings. The maximum absolute atomic E-state index is 12.5. The van der Waals surface area contributed by atoms with Crippen molar-refractivity contribution >= 4 is 23.2 Å². The SMILES string of the molecule is O=C(Nc1ccc(C2CCN(C(=O)C3CC3)CC2)cc1)C1CN(c2ccnnc2)C1. The lowest BCUT2D eigenvalue weighted by Gasteiger charge is -2.39. The molecule has 0 bridgehead atoms. The van der Waals surface area contributed by atoms with Crippen LogP contribution in [0.2, 0.25) is 0 Å². The quantitative estimate of drug-likeness (QED) is 0.827. The molecule has 1 aromatic heterocycles. The normalized spacial score (nSPS) is 20.0. The Labute approximate surface area is 176 Å². The molecule has 0 spiro atoms. The standard InChI is InChI=1S/C23H27N5O2/c29-22(19-14-28(15-19)21-7-10-24-25-13-21)26-20-5-3-16(4-6-20)17-8-11-27(12-9-17)23(30)18-1-2-18/h3-7,10,13,17-19H,1-2,8-9,11-12,14-15H2,(H,26,29). The van der Waals surface area contributed by atoms with Gasteiger partial charge in [-0.15, -0.1) is 0 Å². The van der Waals surface area contributed by atoms with Gasteiger partial charge in [-0.3, -0.25) is 9.59 Å². The molecule has 7 heteroatoms. The van der Waals surface area contributed by atoms with Crippen molar-refractivity contribution in [2.24, 2.45) is 11.8 Å². The summed E-state index contributed by atoms with van der Waals surface area (Å²) in [5.74, 6) is 1.22. The van der Waals surface area contributed by atoms with Crippen molar-refractivity contribution in [3.8, 4) is 0 Å². The summed E-state index contributed by atoms with van der Waals surface area (Å²) >= 11 is 0. The first-order chi connectivity index (χ1) is 14.7. The van der Waals surface area contributed by atoms with E-state index in [2.05, 4.69) is 32.5 Å². The first-order valence-corrected chi connectivity index (χ1v) is 10.9. The van der Waals surface area contributed by atoms with E-state index >= 15 is 0 Å². The topological polar surface area (TPSA) is 78.4 Å². The first kappa shape index (κ1) is 19.0. The number of piperidine rings is 1. The van der Waals surface area contributed by atoms with Gasteiger partial charge in [0.15, 0.2) is 0 Å². The molecule has 2 aromatic rings.